The van der Waals surface area contributed by atoms with Crippen LogP contribution >= 0.6 is 23.4 Å². The first-order chi connectivity index (χ1) is 13.8. The van der Waals surface area contributed by atoms with Gasteiger partial charge in [0.15, 0.2) is 0 Å². The molecule has 0 saturated carbocycles. The number of carbonyl (C=O) groups is 2. The van der Waals surface area contributed by atoms with Gasteiger partial charge in [-0.2, -0.15) is 0 Å². The molecule has 2 aromatic carbocycles. The van der Waals surface area contributed by atoms with E-state index in [2.05, 4.69) is 5.32 Å². The summed E-state index contributed by atoms with van der Waals surface area (Å²) in [7, 11) is 0. The third-order valence-corrected chi connectivity index (χ3v) is 5.52. The van der Waals surface area contributed by atoms with E-state index in [0.29, 0.717) is 22.9 Å². The lowest BCUT2D eigenvalue weighted by molar-refractivity contribution is -0.138. The van der Waals surface area contributed by atoms with Crippen LogP contribution in [0.5, 0.6) is 0 Å². The lowest BCUT2D eigenvalue weighted by Gasteiger charge is -2.29. The fourth-order valence-electron chi connectivity index (χ4n) is 2.72. The van der Waals surface area contributed by atoms with Crippen molar-refractivity contribution in [3.63, 3.8) is 0 Å². The van der Waals surface area contributed by atoms with Crippen LogP contribution in [0.2, 0.25) is 5.02 Å². The van der Waals surface area contributed by atoms with Gasteiger partial charge < -0.3 is 10.2 Å². The van der Waals surface area contributed by atoms with Gasteiger partial charge in [-0.3, -0.25) is 9.59 Å². The molecule has 0 aliphatic carbocycles. The molecule has 0 saturated heterocycles. The third kappa shape index (κ3) is 7.37. The van der Waals surface area contributed by atoms with Crippen LogP contribution in [0.15, 0.2) is 48.5 Å². The summed E-state index contributed by atoms with van der Waals surface area (Å²) < 4.78 is 13.8. The van der Waals surface area contributed by atoms with E-state index in [4.69, 9.17) is 11.6 Å². The van der Waals surface area contributed by atoms with E-state index in [1.165, 1.54) is 17.8 Å². The van der Waals surface area contributed by atoms with Crippen LogP contribution in [0.1, 0.15) is 31.9 Å². The first-order valence-electron chi connectivity index (χ1n) is 9.43. The number of nitrogens with zero attached hydrogens (tertiary/aromatic N) is 1. The number of rotatable bonds is 9. The molecule has 0 fully saturated rings. The average Bonchev–Trinajstić information content (AvgIpc) is 2.68. The van der Waals surface area contributed by atoms with Gasteiger partial charge in [0, 0.05) is 23.4 Å². The highest BCUT2D eigenvalue weighted by atomic mass is 35.5. The molecule has 0 aliphatic heterocycles. The summed E-state index contributed by atoms with van der Waals surface area (Å²) in [6, 6.07) is 13.0. The molecule has 0 radical (unpaired) electrons. The summed E-state index contributed by atoms with van der Waals surface area (Å²) in [5, 5.41) is 3.46. The van der Waals surface area contributed by atoms with Crippen LogP contribution in [0.25, 0.3) is 0 Å². The van der Waals surface area contributed by atoms with Gasteiger partial charge >= 0.3 is 0 Å². The van der Waals surface area contributed by atoms with Crippen LogP contribution in [0, 0.1) is 5.82 Å². The normalized spacial score (nSPS) is 11.9. The van der Waals surface area contributed by atoms with Crippen molar-refractivity contribution in [3.05, 3.63) is 70.5 Å². The summed E-state index contributed by atoms with van der Waals surface area (Å²) >= 11 is 7.27. The molecular weight excluding hydrogens is 411 g/mol. The van der Waals surface area contributed by atoms with E-state index in [0.717, 1.165) is 5.56 Å². The summed E-state index contributed by atoms with van der Waals surface area (Å²) in [5.41, 5.74) is 1.44. The lowest BCUT2D eigenvalue weighted by atomic mass is 10.1. The van der Waals surface area contributed by atoms with Crippen molar-refractivity contribution in [2.24, 2.45) is 0 Å². The molecule has 0 unspecified atom stereocenters. The second-order valence-corrected chi connectivity index (χ2v) is 8.49. The van der Waals surface area contributed by atoms with Crippen LogP contribution in [0.4, 0.5) is 4.39 Å². The second kappa shape index (κ2) is 11.2. The Balaban J connectivity index is 2.07. The van der Waals surface area contributed by atoms with E-state index < -0.39 is 6.04 Å². The van der Waals surface area contributed by atoms with E-state index >= 15 is 0 Å². The number of amides is 2. The van der Waals surface area contributed by atoms with Gasteiger partial charge in [0.25, 0.3) is 0 Å². The van der Waals surface area contributed by atoms with Crippen LogP contribution in [-0.2, 0) is 21.9 Å². The van der Waals surface area contributed by atoms with E-state index in [9.17, 15) is 14.0 Å². The minimum Gasteiger partial charge on any atom is -0.352 e. The SMILES string of the molecule is CC(C)NC(=O)[C@@H](C)N(Cc1ccc(Cl)cc1)C(=O)CSCc1ccccc1F. The molecular formula is C22H26ClFN2O2S. The van der Waals surface area contributed by atoms with Crippen molar-refractivity contribution < 1.29 is 14.0 Å². The molecule has 1 atom stereocenters. The van der Waals surface area contributed by atoms with Gasteiger partial charge in [0.2, 0.25) is 11.8 Å². The largest absolute Gasteiger partial charge is 0.352 e. The highest BCUT2D eigenvalue weighted by Crippen LogP contribution is 2.18. The minimum absolute atomic E-state index is 0.0205. The predicted molar refractivity (Wildman–Crippen MR) is 117 cm³/mol. The molecule has 0 aromatic heterocycles. The number of thioether (sulfide) groups is 1. The zero-order valence-corrected chi connectivity index (χ0v) is 18.4. The van der Waals surface area contributed by atoms with Gasteiger partial charge in [0.1, 0.15) is 11.9 Å². The number of halogens is 2. The maximum atomic E-state index is 13.8. The van der Waals surface area contributed by atoms with Gasteiger partial charge in [-0.05, 0) is 50.1 Å². The molecule has 2 amide bonds. The number of hydrogen-bond acceptors (Lipinski definition) is 3. The van der Waals surface area contributed by atoms with Gasteiger partial charge in [-0.1, -0.05) is 41.9 Å². The molecule has 2 aromatic rings. The number of benzene rings is 2. The summed E-state index contributed by atoms with van der Waals surface area (Å²) in [5.74, 6) is -0.120. The molecule has 156 valence electrons. The van der Waals surface area contributed by atoms with Crippen LogP contribution < -0.4 is 5.32 Å². The molecule has 29 heavy (non-hydrogen) atoms. The zero-order valence-electron chi connectivity index (χ0n) is 16.8. The highest BCUT2D eigenvalue weighted by molar-refractivity contribution is 7.99. The average molecular weight is 437 g/mol. The molecule has 0 bridgehead atoms. The molecule has 7 heteroatoms. The first-order valence-corrected chi connectivity index (χ1v) is 11.0. The summed E-state index contributed by atoms with van der Waals surface area (Å²) in [4.78, 5) is 27.0. The molecule has 1 N–H and O–H groups in total. The monoisotopic (exact) mass is 436 g/mol. The number of carbonyl (C=O) groups excluding carboxylic acids is 2. The van der Waals surface area contributed by atoms with Crippen molar-refractivity contribution in [1.82, 2.24) is 10.2 Å². The Bertz CT molecular complexity index is 830. The Morgan fingerprint density at radius 3 is 2.38 bits per heavy atom. The number of hydrogen-bond donors (Lipinski definition) is 1. The van der Waals surface area contributed by atoms with E-state index in [1.807, 2.05) is 26.0 Å². The van der Waals surface area contributed by atoms with E-state index in [1.54, 1.807) is 42.2 Å². The summed E-state index contributed by atoms with van der Waals surface area (Å²) in [6.07, 6.45) is 0. The molecule has 0 heterocycles. The maximum absolute atomic E-state index is 13.8. The smallest absolute Gasteiger partial charge is 0.242 e. The van der Waals surface area contributed by atoms with E-state index in [-0.39, 0.29) is 29.4 Å². The Labute approximate surface area is 180 Å². The highest BCUT2D eigenvalue weighted by Gasteiger charge is 2.26. The minimum atomic E-state index is -0.630. The maximum Gasteiger partial charge on any atom is 0.242 e. The Hall–Kier alpha value is -2.05. The third-order valence-electron chi connectivity index (χ3n) is 4.31. The Morgan fingerprint density at radius 1 is 1.10 bits per heavy atom. The summed E-state index contributed by atoms with van der Waals surface area (Å²) in [6.45, 7) is 5.76. The van der Waals surface area contributed by atoms with Gasteiger partial charge in [0.05, 0.1) is 5.75 Å². The fourth-order valence-corrected chi connectivity index (χ4v) is 3.74. The molecule has 0 spiro atoms. The van der Waals surface area contributed by atoms with Crippen molar-refractivity contribution >= 4 is 35.2 Å². The molecule has 2 rings (SSSR count). The fraction of sp³-hybridized carbons (Fsp3) is 0.364. The second-order valence-electron chi connectivity index (χ2n) is 7.07. The van der Waals surface area contributed by atoms with Crippen LogP contribution in [0.3, 0.4) is 0 Å². The zero-order chi connectivity index (χ0) is 21.4. The molecule has 0 aliphatic rings. The first kappa shape index (κ1) is 23.2. The quantitative estimate of drug-likeness (QED) is 0.622. The van der Waals surface area contributed by atoms with Gasteiger partial charge in [-0.15, -0.1) is 11.8 Å². The van der Waals surface area contributed by atoms with Gasteiger partial charge in [-0.25, -0.2) is 4.39 Å². The Kier molecular flexibility index (Phi) is 8.99. The topological polar surface area (TPSA) is 49.4 Å². The Morgan fingerprint density at radius 2 is 1.76 bits per heavy atom. The number of nitrogens with one attached hydrogen (secondary N) is 1. The van der Waals surface area contributed by atoms with Crippen LogP contribution in [-0.4, -0.2) is 34.6 Å². The predicted octanol–water partition coefficient (Wildman–Crippen LogP) is 4.65. The van der Waals surface area contributed by atoms with Crippen molar-refractivity contribution in [2.75, 3.05) is 5.75 Å². The van der Waals surface area contributed by atoms with Crippen molar-refractivity contribution in [1.29, 1.82) is 0 Å². The lowest BCUT2D eigenvalue weighted by Crippen LogP contribution is -2.49. The standard InChI is InChI=1S/C22H26ClFN2O2S/c1-15(2)25-22(28)16(3)26(12-17-8-10-19(23)11-9-17)21(27)14-29-13-18-6-4-5-7-20(18)24/h4-11,15-16H,12-14H2,1-3H3,(H,25,28)/t16-/m1/s1. The molecule has 4 nitrogen and oxygen atoms in total. The van der Waals surface area contributed by atoms with Crippen molar-refractivity contribution in [2.45, 2.75) is 45.2 Å². The van der Waals surface area contributed by atoms with Crippen molar-refractivity contribution in [3.8, 4) is 0 Å².